The largest absolute Gasteiger partial charge is 0.450 e. The Morgan fingerprint density at radius 3 is 2.42 bits per heavy atom. The summed E-state index contributed by atoms with van der Waals surface area (Å²) in [4.78, 5) is 23.7. The maximum Gasteiger partial charge on any atom is 0.331 e. The van der Waals surface area contributed by atoms with E-state index in [0.717, 1.165) is 6.08 Å². The van der Waals surface area contributed by atoms with Gasteiger partial charge in [-0.2, -0.15) is 0 Å². The number of furan rings is 1. The molecule has 1 aromatic carbocycles. The zero-order chi connectivity index (χ0) is 19.3. The maximum atomic E-state index is 12.0. The molecule has 0 spiro atoms. The minimum Gasteiger partial charge on any atom is -0.450 e. The van der Waals surface area contributed by atoms with E-state index in [-0.39, 0.29) is 4.90 Å². The lowest BCUT2D eigenvalue weighted by Gasteiger charge is -2.12. The van der Waals surface area contributed by atoms with E-state index < -0.39 is 28.0 Å². The maximum absolute atomic E-state index is 12.0. The van der Waals surface area contributed by atoms with E-state index in [0.29, 0.717) is 16.1 Å². The number of ether oxygens (including phenoxy) is 1. The molecular weight excluding hydrogens is 428 g/mol. The smallest absolute Gasteiger partial charge is 0.331 e. The highest BCUT2D eigenvalue weighted by molar-refractivity contribution is 9.10. The molecule has 0 bridgehead atoms. The van der Waals surface area contributed by atoms with Gasteiger partial charge in [0, 0.05) is 11.8 Å². The Kier molecular flexibility index (Phi) is 6.35. The Labute approximate surface area is 158 Å². The number of hydrogen-bond donors (Lipinski definition) is 2. The molecule has 0 saturated carbocycles. The van der Waals surface area contributed by atoms with Crippen LogP contribution in [0.2, 0.25) is 0 Å². The van der Waals surface area contributed by atoms with Gasteiger partial charge in [-0.1, -0.05) is 0 Å². The second-order valence-electron chi connectivity index (χ2n) is 5.11. The van der Waals surface area contributed by atoms with Crippen molar-refractivity contribution < 1.29 is 27.2 Å². The van der Waals surface area contributed by atoms with Gasteiger partial charge in [0.2, 0.25) is 10.0 Å². The number of anilines is 1. The van der Waals surface area contributed by atoms with Crippen LogP contribution in [-0.2, 0) is 24.3 Å². The Morgan fingerprint density at radius 1 is 1.23 bits per heavy atom. The number of benzene rings is 1. The fourth-order valence-corrected chi connectivity index (χ4v) is 2.64. The zero-order valence-corrected chi connectivity index (χ0v) is 15.9. The van der Waals surface area contributed by atoms with Gasteiger partial charge in [0.05, 0.1) is 4.90 Å². The van der Waals surface area contributed by atoms with Crippen molar-refractivity contribution in [3.63, 3.8) is 0 Å². The van der Waals surface area contributed by atoms with Crippen molar-refractivity contribution >= 4 is 49.6 Å². The van der Waals surface area contributed by atoms with Gasteiger partial charge in [0.15, 0.2) is 10.8 Å². The fourth-order valence-electron chi connectivity index (χ4n) is 1.81. The van der Waals surface area contributed by atoms with E-state index in [1.54, 1.807) is 12.1 Å². The zero-order valence-electron chi connectivity index (χ0n) is 13.5. The molecule has 8 nitrogen and oxygen atoms in total. The lowest BCUT2D eigenvalue weighted by atomic mass is 10.3. The number of carbonyl (C=O) groups excluding carboxylic acids is 2. The molecule has 26 heavy (non-hydrogen) atoms. The van der Waals surface area contributed by atoms with Crippen LogP contribution >= 0.6 is 15.9 Å². The van der Waals surface area contributed by atoms with Crippen LogP contribution in [0, 0.1) is 0 Å². The van der Waals surface area contributed by atoms with Crippen LogP contribution in [-0.4, -0.2) is 26.4 Å². The first kappa shape index (κ1) is 19.9. The summed E-state index contributed by atoms with van der Waals surface area (Å²) in [6.07, 6.45) is 1.48. The monoisotopic (exact) mass is 442 g/mol. The topological polar surface area (TPSA) is 129 Å². The number of sulfonamides is 1. The third-order valence-electron chi connectivity index (χ3n) is 3.09. The minimum absolute atomic E-state index is 0.0790. The van der Waals surface area contributed by atoms with E-state index in [1.807, 2.05) is 0 Å². The first-order chi connectivity index (χ1) is 12.1. The Bertz CT molecular complexity index is 934. The SMILES string of the molecule is C[C@@H](OC(=O)/C=C/c1ccc(Br)o1)C(=O)Nc1ccc(S(N)(=O)=O)cc1. The van der Waals surface area contributed by atoms with Crippen molar-refractivity contribution in [1.29, 1.82) is 0 Å². The first-order valence-corrected chi connectivity index (χ1v) is 9.57. The number of nitrogens with two attached hydrogens (primary N) is 1. The molecule has 2 rings (SSSR count). The number of amides is 1. The molecule has 0 aliphatic rings. The summed E-state index contributed by atoms with van der Waals surface area (Å²) in [6.45, 7) is 1.41. The molecule has 3 N–H and O–H groups in total. The van der Waals surface area contributed by atoms with Crippen molar-refractivity contribution in [2.45, 2.75) is 17.9 Å². The lowest BCUT2D eigenvalue weighted by Crippen LogP contribution is -2.29. The van der Waals surface area contributed by atoms with E-state index >= 15 is 0 Å². The summed E-state index contributed by atoms with van der Waals surface area (Å²) in [5.41, 5.74) is 0.335. The van der Waals surface area contributed by atoms with Gasteiger partial charge in [-0.3, -0.25) is 4.79 Å². The Balaban J connectivity index is 1.90. The number of carbonyl (C=O) groups is 2. The second-order valence-corrected chi connectivity index (χ2v) is 7.46. The summed E-state index contributed by atoms with van der Waals surface area (Å²) in [7, 11) is -3.81. The molecular formula is C16H15BrN2O6S. The predicted octanol–water partition coefficient (Wildman–Crippen LogP) is 2.27. The van der Waals surface area contributed by atoms with Crippen LogP contribution in [0.5, 0.6) is 0 Å². The lowest BCUT2D eigenvalue weighted by molar-refractivity contribution is -0.148. The number of nitrogens with one attached hydrogen (secondary N) is 1. The van der Waals surface area contributed by atoms with Crippen molar-refractivity contribution in [3.8, 4) is 0 Å². The summed E-state index contributed by atoms with van der Waals surface area (Å²) >= 11 is 3.14. The van der Waals surface area contributed by atoms with Crippen LogP contribution in [0.3, 0.4) is 0 Å². The van der Waals surface area contributed by atoms with E-state index in [2.05, 4.69) is 21.2 Å². The van der Waals surface area contributed by atoms with Crippen LogP contribution < -0.4 is 10.5 Å². The third-order valence-corrected chi connectivity index (χ3v) is 4.45. The van der Waals surface area contributed by atoms with Gasteiger partial charge in [0.1, 0.15) is 5.76 Å². The molecule has 10 heteroatoms. The number of hydrogen-bond acceptors (Lipinski definition) is 6. The highest BCUT2D eigenvalue weighted by Crippen LogP contribution is 2.15. The summed E-state index contributed by atoms with van der Waals surface area (Å²) < 4.78 is 33.1. The van der Waals surface area contributed by atoms with Gasteiger partial charge < -0.3 is 14.5 Å². The molecule has 1 atom stereocenters. The van der Waals surface area contributed by atoms with Crippen LogP contribution in [0.15, 0.2) is 56.5 Å². The molecule has 0 aliphatic heterocycles. The molecule has 1 amide bonds. The number of esters is 1. The molecule has 0 fully saturated rings. The highest BCUT2D eigenvalue weighted by Gasteiger charge is 2.17. The van der Waals surface area contributed by atoms with Crippen LogP contribution in [0.25, 0.3) is 6.08 Å². The van der Waals surface area contributed by atoms with Gasteiger partial charge in [-0.25, -0.2) is 18.4 Å². The van der Waals surface area contributed by atoms with Crippen molar-refractivity contribution in [1.82, 2.24) is 0 Å². The molecule has 0 saturated heterocycles. The van der Waals surface area contributed by atoms with Gasteiger partial charge >= 0.3 is 5.97 Å². The van der Waals surface area contributed by atoms with E-state index in [1.165, 1.54) is 37.3 Å². The van der Waals surface area contributed by atoms with Crippen molar-refractivity contribution in [3.05, 3.63) is 52.9 Å². The molecule has 0 aliphatic carbocycles. The fraction of sp³-hybridized carbons (Fsp3) is 0.125. The number of rotatable bonds is 6. The molecule has 0 unspecified atom stereocenters. The van der Waals surface area contributed by atoms with E-state index in [4.69, 9.17) is 14.3 Å². The second kappa shape index (κ2) is 8.30. The molecule has 0 radical (unpaired) electrons. The quantitative estimate of drug-likeness (QED) is 0.521. The summed E-state index contributed by atoms with van der Waals surface area (Å²) in [5, 5.41) is 7.50. The molecule has 2 aromatic rings. The molecule has 138 valence electrons. The average molecular weight is 443 g/mol. The standard InChI is InChI=1S/C16H15BrN2O6S/c1-10(24-15(20)9-5-12-4-8-14(17)25-12)16(21)19-11-2-6-13(7-3-11)26(18,22)23/h2-10H,1H3,(H,19,21)(H2,18,22,23)/b9-5+/t10-/m1/s1. The first-order valence-electron chi connectivity index (χ1n) is 7.23. The number of primary sulfonamides is 1. The normalized spacial score (nSPS) is 12.7. The van der Waals surface area contributed by atoms with Crippen LogP contribution in [0.4, 0.5) is 5.69 Å². The van der Waals surface area contributed by atoms with Gasteiger partial charge in [-0.15, -0.1) is 0 Å². The third kappa shape index (κ3) is 5.83. The van der Waals surface area contributed by atoms with Gasteiger partial charge in [0.25, 0.3) is 5.91 Å². The van der Waals surface area contributed by atoms with Crippen molar-refractivity contribution in [2.24, 2.45) is 5.14 Å². The predicted molar refractivity (Wildman–Crippen MR) is 97.4 cm³/mol. The summed E-state index contributed by atoms with van der Waals surface area (Å²) in [6, 6.07) is 8.58. The summed E-state index contributed by atoms with van der Waals surface area (Å²) in [5.74, 6) is -0.846. The molecule has 1 heterocycles. The Hall–Kier alpha value is -2.43. The van der Waals surface area contributed by atoms with Crippen LogP contribution in [0.1, 0.15) is 12.7 Å². The van der Waals surface area contributed by atoms with E-state index in [9.17, 15) is 18.0 Å². The number of halogens is 1. The van der Waals surface area contributed by atoms with Gasteiger partial charge in [-0.05, 0) is 65.3 Å². The minimum atomic E-state index is -3.81. The Morgan fingerprint density at radius 2 is 1.88 bits per heavy atom. The molecule has 1 aromatic heterocycles. The highest BCUT2D eigenvalue weighted by atomic mass is 79.9. The average Bonchev–Trinajstić information content (AvgIpc) is 2.98. The van der Waals surface area contributed by atoms with Crippen molar-refractivity contribution in [2.75, 3.05) is 5.32 Å².